The van der Waals surface area contributed by atoms with E-state index in [1.54, 1.807) is 26.2 Å². The fourth-order valence-corrected chi connectivity index (χ4v) is 1.33. The largest absolute Gasteiger partial charge is 0.399 e. The highest BCUT2D eigenvalue weighted by molar-refractivity contribution is 6.34. The van der Waals surface area contributed by atoms with Crippen molar-refractivity contribution in [3.63, 3.8) is 0 Å². The average molecular weight is 256 g/mol. The van der Waals surface area contributed by atoms with Crippen LogP contribution in [-0.4, -0.2) is 37.4 Å². The molecule has 6 heteroatoms. The first-order chi connectivity index (χ1) is 7.91. The summed E-state index contributed by atoms with van der Waals surface area (Å²) in [5.41, 5.74) is 6.26. The standard InChI is InChI=1S/C11H14ClN3O2/c1-15(2)10(16)6-14-11(17)8-5-7(13)3-4-9(8)12/h3-5H,6,13H2,1-2H3,(H,14,17). The molecular weight excluding hydrogens is 242 g/mol. The van der Waals surface area contributed by atoms with Gasteiger partial charge in [-0.1, -0.05) is 11.6 Å². The molecule has 1 aromatic carbocycles. The Morgan fingerprint density at radius 3 is 2.65 bits per heavy atom. The maximum absolute atomic E-state index is 11.7. The Balaban J connectivity index is 2.70. The molecule has 0 saturated heterocycles. The zero-order valence-electron chi connectivity index (χ0n) is 9.66. The zero-order valence-corrected chi connectivity index (χ0v) is 10.4. The van der Waals surface area contributed by atoms with Crippen molar-refractivity contribution in [1.29, 1.82) is 0 Å². The first-order valence-corrected chi connectivity index (χ1v) is 5.33. The third kappa shape index (κ3) is 3.64. The SMILES string of the molecule is CN(C)C(=O)CNC(=O)c1cc(N)ccc1Cl. The van der Waals surface area contributed by atoms with Crippen LogP contribution in [0.15, 0.2) is 18.2 Å². The molecule has 0 aliphatic rings. The lowest BCUT2D eigenvalue weighted by molar-refractivity contribution is -0.127. The summed E-state index contributed by atoms with van der Waals surface area (Å²) in [4.78, 5) is 24.4. The quantitative estimate of drug-likeness (QED) is 0.783. The van der Waals surface area contributed by atoms with Crippen LogP contribution in [0.1, 0.15) is 10.4 Å². The zero-order chi connectivity index (χ0) is 13.0. The molecular formula is C11H14ClN3O2. The summed E-state index contributed by atoms with van der Waals surface area (Å²) in [6, 6.07) is 4.61. The molecule has 0 saturated carbocycles. The second-order valence-corrected chi connectivity index (χ2v) is 4.12. The minimum atomic E-state index is -0.419. The van der Waals surface area contributed by atoms with Crippen LogP contribution in [0.25, 0.3) is 0 Å². The molecule has 0 aliphatic heterocycles. The third-order valence-corrected chi connectivity index (χ3v) is 2.46. The van der Waals surface area contributed by atoms with Crippen LogP contribution in [-0.2, 0) is 4.79 Å². The van der Waals surface area contributed by atoms with Crippen LogP contribution in [0.2, 0.25) is 5.02 Å². The van der Waals surface area contributed by atoms with E-state index in [0.717, 1.165) is 0 Å². The summed E-state index contributed by atoms with van der Waals surface area (Å²) in [7, 11) is 3.23. The molecule has 0 aliphatic carbocycles. The Labute approximate surface area is 105 Å². The van der Waals surface area contributed by atoms with Crippen molar-refractivity contribution in [3.8, 4) is 0 Å². The lowest BCUT2D eigenvalue weighted by Gasteiger charge is -2.11. The Morgan fingerprint density at radius 2 is 2.06 bits per heavy atom. The summed E-state index contributed by atoms with van der Waals surface area (Å²) in [5.74, 6) is -0.615. The van der Waals surface area contributed by atoms with E-state index >= 15 is 0 Å². The lowest BCUT2D eigenvalue weighted by atomic mass is 10.2. The van der Waals surface area contributed by atoms with Gasteiger partial charge in [0.15, 0.2) is 0 Å². The van der Waals surface area contributed by atoms with Gasteiger partial charge < -0.3 is 16.0 Å². The van der Waals surface area contributed by atoms with Crippen LogP contribution >= 0.6 is 11.6 Å². The molecule has 92 valence electrons. The fraction of sp³-hybridized carbons (Fsp3) is 0.273. The van der Waals surface area contributed by atoms with Crippen LogP contribution in [0, 0.1) is 0 Å². The van der Waals surface area contributed by atoms with Gasteiger partial charge >= 0.3 is 0 Å². The average Bonchev–Trinajstić information content (AvgIpc) is 2.28. The molecule has 0 radical (unpaired) electrons. The van der Waals surface area contributed by atoms with Gasteiger partial charge in [-0.15, -0.1) is 0 Å². The van der Waals surface area contributed by atoms with Gasteiger partial charge in [0.05, 0.1) is 17.1 Å². The number of nitrogen functional groups attached to an aromatic ring is 1. The van der Waals surface area contributed by atoms with Gasteiger partial charge in [0.1, 0.15) is 0 Å². The Morgan fingerprint density at radius 1 is 1.41 bits per heavy atom. The summed E-state index contributed by atoms with van der Waals surface area (Å²) in [6.45, 7) is -0.0725. The first kappa shape index (κ1) is 13.3. The highest BCUT2D eigenvalue weighted by Crippen LogP contribution is 2.18. The van der Waals surface area contributed by atoms with E-state index < -0.39 is 5.91 Å². The Bertz CT molecular complexity index is 446. The Hall–Kier alpha value is -1.75. The van der Waals surface area contributed by atoms with Gasteiger partial charge in [-0.25, -0.2) is 0 Å². The molecule has 1 aromatic rings. The number of anilines is 1. The van der Waals surface area contributed by atoms with E-state index in [9.17, 15) is 9.59 Å². The predicted molar refractivity (Wildman–Crippen MR) is 66.9 cm³/mol. The molecule has 3 N–H and O–H groups in total. The van der Waals surface area contributed by atoms with E-state index in [2.05, 4.69) is 5.32 Å². The van der Waals surface area contributed by atoms with Crippen molar-refractivity contribution < 1.29 is 9.59 Å². The second kappa shape index (κ2) is 5.54. The molecule has 17 heavy (non-hydrogen) atoms. The first-order valence-electron chi connectivity index (χ1n) is 4.95. The molecule has 0 spiro atoms. The summed E-state index contributed by atoms with van der Waals surface area (Å²) in [5, 5.41) is 2.78. The molecule has 0 heterocycles. The number of nitrogens with two attached hydrogens (primary N) is 1. The van der Waals surface area contributed by atoms with Gasteiger partial charge in [0.25, 0.3) is 5.91 Å². The Kier molecular flexibility index (Phi) is 4.34. The van der Waals surface area contributed by atoms with Crippen molar-refractivity contribution >= 4 is 29.1 Å². The predicted octanol–water partition coefficient (Wildman–Crippen LogP) is 0.740. The number of nitrogens with zero attached hydrogens (tertiary/aromatic N) is 1. The number of carbonyl (C=O) groups is 2. The maximum Gasteiger partial charge on any atom is 0.253 e. The van der Waals surface area contributed by atoms with Crippen LogP contribution in [0.4, 0.5) is 5.69 Å². The number of carbonyl (C=O) groups excluding carboxylic acids is 2. The smallest absolute Gasteiger partial charge is 0.253 e. The highest BCUT2D eigenvalue weighted by atomic mass is 35.5. The van der Waals surface area contributed by atoms with Crippen LogP contribution in [0.5, 0.6) is 0 Å². The van der Waals surface area contributed by atoms with Crippen LogP contribution < -0.4 is 11.1 Å². The number of rotatable bonds is 3. The molecule has 0 fully saturated rings. The number of halogens is 1. The summed E-state index contributed by atoms with van der Waals surface area (Å²) < 4.78 is 0. The number of hydrogen-bond acceptors (Lipinski definition) is 3. The van der Waals surface area contributed by atoms with Crippen molar-refractivity contribution in [2.45, 2.75) is 0 Å². The second-order valence-electron chi connectivity index (χ2n) is 3.71. The molecule has 2 amide bonds. The molecule has 5 nitrogen and oxygen atoms in total. The minimum absolute atomic E-state index is 0.0725. The lowest BCUT2D eigenvalue weighted by Crippen LogP contribution is -2.36. The summed E-state index contributed by atoms with van der Waals surface area (Å²) in [6.07, 6.45) is 0. The van der Waals surface area contributed by atoms with Gasteiger partial charge in [-0.3, -0.25) is 9.59 Å². The van der Waals surface area contributed by atoms with Crippen molar-refractivity contribution in [1.82, 2.24) is 10.2 Å². The van der Waals surface area contributed by atoms with Gasteiger partial charge in [-0.05, 0) is 18.2 Å². The minimum Gasteiger partial charge on any atom is -0.399 e. The van der Waals surface area contributed by atoms with E-state index in [4.69, 9.17) is 17.3 Å². The monoisotopic (exact) mass is 255 g/mol. The van der Waals surface area contributed by atoms with E-state index in [1.807, 2.05) is 0 Å². The van der Waals surface area contributed by atoms with Crippen LogP contribution in [0.3, 0.4) is 0 Å². The van der Waals surface area contributed by atoms with Gasteiger partial charge in [0.2, 0.25) is 5.91 Å². The molecule has 0 bridgehead atoms. The maximum atomic E-state index is 11.7. The van der Waals surface area contributed by atoms with Crippen molar-refractivity contribution in [2.75, 3.05) is 26.4 Å². The molecule has 0 atom stereocenters. The summed E-state index contributed by atoms with van der Waals surface area (Å²) >= 11 is 5.86. The van der Waals surface area contributed by atoms with Crippen molar-refractivity contribution in [3.05, 3.63) is 28.8 Å². The topological polar surface area (TPSA) is 75.4 Å². The molecule has 1 rings (SSSR count). The number of likely N-dealkylation sites (N-methyl/N-ethyl adjacent to an activating group) is 1. The van der Waals surface area contributed by atoms with E-state index in [0.29, 0.717) is 10.7 Å². The van der Waals surface area contributed by atoms with Gasteiger partial charge in [0, 0.05) is 19.8 Å². The van der Waals surface area contributed by atoms with Crippen molar-refractivity contribution in [2.24, 2.45) is 0 Å². The van der Waals surface area contributed by atoms with Gasteiger partial charge in [-0.2, -0.15) is 0 Å². The fourth-order valence-electron chi connectivity index (χ4n) is 1.13. The number of benzene rings is 1. The highest BCUT2D eigenvalue weighted by Gasteiger charge is 2.12. The number of hydrogen-bond donors (Lipinski definition) is 2. The van der Waals surface area contributed by atoms with E-state index in [-0.39, 0.29) is 18.0 Å². The number of nitrogens with one attached hydrogen (secondary N) is 1. The molecule has 0 aromatic heterocycles. The third-order valence-electron chi connectivity index (χ3n) is 2.13. The van der Waals surface area contributed by atoms with E-state index in [1.165, 1.54) is 11.0 Å². The normalized spacial score (nSPS) is 9.82. The molecule has 0 unspecified atom stereocenters. The number of amides is 2.